The van der Waals surface area contributed by atoms with Crippen molar-refractivity contribution < 1.29 is 8.83 Å². The van der Waals surface area contributed by atoms with Gasteiger partial charge in [-0.1, -0.05) is 121 Å². The summed E-state index contributed by atoms with van der Waals surface area (Å²) in [6.45, 7) is 4.38. The SMILES string of the molecule is Cc1ccccc1N(c1ccc2cc3c(cc2c1)oc1cc2c(cc13)oc1cc3cc(N(c4ccc5c(c4)c4ccccc4n5-c4ccccc4)c4ccccc4C)ccc3cc12)c1ccc2c(c1)c1ccccc1n2-c1ccccc1. The van der Waals surface area contributed by atoms with Crippen LogP contribution in [0.5, 0.6) is 0 Å². The minimum Gasteiger partial charge on any atom is -0.456 e. The predicted molar refractivity (Wildman–Crippen MR) is 344 cm³/mol. The lowest BCUT2D eigenvalue weighted by Crippen LogP contribution is -2.11. The van der Waals surface area contributed by atoms with Crippen molar-refractivity contribution in [3.63, 3.8) is 0 Å². The zero-order chi connectivity index (χ0) is 54.2. The molecule has 17 rings (SSSR count). The van der Waals surface area contributed by atoms with Crippen molar-refractivity contribution in [2.24, 2.45) is 0 Å². The van der Waals surface area contributed by atoms with Gasteiger partial charge in [0.2, 0.25) is 0 Å². The van der Waals surface area contributed by atoms with Crippen LogP contribution in [0.4, 0.5) is 34.1 Å². The number of nitrogens with zero attached hydrogens (tertiary/aromatic N) is 4. The van der Waals surface area contributed by atoms with Gasteiger partial charge in [0.25, 0.3) is 0 Å². The Hall–Kier alpha value is -10.8. The molecule has 13 aromatic carbocycles. The fourth-order valence-electron chi connectivity index (χ4n) is 13.2. The number of hydrogen-bond donors (Lipinski definition) is 0. The molecular formula is C76H50N4O2. The molecule has 0 saturated carbocycles. The number of anilines is 6. The van der Waals surface area contributed by atoms with E-state index in [4.69, 9.17) is 8.83 Å². The molecule has 6 nitrogen and oxygen atoms in total. The highest BCUT2D eigenvalue weighted by Crippen LogP contribution is 2.46. The third kappa shape index (κ3) is 7.08. The van der Waals surface area contributed by atoms with Crippen LogP contribution in [-0.4, -0.2) is 9.13 Å². The molecule has 0 aliphatic heterocycles. The Morgan fingerprint density at radius 2 is 0.610 bits per heavy atom. The zero-order valence-corrected chi connectivity index (χ0v) is 45.0. The lowest BCUT2D eigenvalue weighted by atomic mass is 10.0. The predicted octanol–water partition coefficient (Wildman–Crippen LogP) is 21.5. The number of benzene rings is 13. The topological polar surface area (TPSA) is 42.6 Å². The van der Waals surface area contributed by atoms with Crippen LogP contribution in [0, 0.1) is 13.8 Å². The average Bonchev–Trinajstić information content (AvgIpc) is 4.02. The van der Waals surface area contributed by atoms with E-state index >= 15 is 0 Å². The van der Waals surface area contributed by atoms with Crippen LogP contribution < -0.4 is 9.80 Å². The highest BCUT2D eigenvalue weighted by atomic mass is 16.3. The van der Waals surface area contributed by atoms with E-state index in [2.05, 4.69) is 300 Å². The molecule has 0 fully saturated rings. The molecule has 6 heteroatoms. The highest BCUT2D eigenvalue weighted by molar-refractivity contribution is 6.19. The second-order valence-electron chi connectivity index (χ2n) is 21.8. The lowest BCUT2D eigenvalue weighted by Gasteiger charge is -2.27. The van der Waals surface area contributed by atoms with E-state index in [1.165, 1.54) is 54.7 Å². The maximum absolute atomic E-state index is 6.84. The lowest BCUT2D eigenvalue weighted by molar-refractivity contribution is 0.664. The van der Waals surface area contributed by atoms with E-state index in [9.17, 15) is 0 Å². The summed E-state index contributed by atoms with van der Waals surface area (Å²) >= 11 is 0. The molecule has 0 radical (unpaired) electrons. The van der Waals surface area contributed by atoms with Crippen molar-refractivity contribution in [3.8, 4) is 11.4 Å². The van der Waals surface area contributed by atoms with Crippen molar-refractivity contribution in [1.82, 2.24) is 9.13 Å². The number of rotatable bonds is 8. The molecule has 386 valence electrons. The molecule has 0 atom stereocenters. The summed E-state index contributed by atoms with van der Waals surface area (Å²) in [5, 5.41) is 13.5. The minimum atomic E-state index is 0.832. The first kappa shape index (κ1) is 46.1. The molecule has 82 heavy (non-hydrogen) atoms. The van der Waals surface area contributed by atoms with Crippen LogP contribution >= 0.6 is 0 Å². The first-order valence-corrected chi connectivity index (χ1v) is 28.0. The van der Waals surface area contributed by atoms with Gasteiger partial charge in [-0.3, -0.25) is 0 Å². The van der Waals surface area contributed by atoms with Gasteiger partial charge in [0, 0.05) is 88.6 Å². The molecule has 4 heterocycles. The van der Waals surface area contributed by atoms with Gasteiger partial charge in [0.1, 0.15) is 22.3 Å². The molecule has 0 N–H and O–H groups in total. The van der Waals surface area contributed by atoms with Gasteiger partial charge in [-0.25, -0.2) is 0 Å². The number of fused-ring (bicyclic) bond motifs is 14. The largest absolute Gasteiger partial charge is 0.456 e. The molecule has 0 saturated heterocycles. The van der Waals surface area contributed by atoms with Gasteiger partial charge < -0.3 is 27.8 Å². The normalized spacial score (nSPS) is 12.0. The van der Waals surface area contributed by atoms with Crippen LogP contribution in [-0.2, 0) is 0 Å². The first-order chi connectivity index (χ1) is 40.5. The van der Waals surface area contributed by atoms with E-state index in [1.807, 2.05) is 0 Å². The van der Waals surface area contributed by atoms with Crippen LogP contribution in [0.15, 0.2) is 276 Å². The minimum absolute atomic E-state index is 0.832. The molecule has 17 aromatic rings. The summed E-state index contributed by atoms with van der Waals surface area (Å²) in [7, 11) is 0. The van der Waals surface area contributed by atoms with Gasteiger partial charge in [-0.15, -0.1) is 0 Å². The Balaban J connectivity index is 0.754. The van der Waals surface area contributed by atoms with Crippen LogP contribution in [0.2, 0.25) is 0 Å². The Kier molecular flexibility index (Phi) is 10.0. The standard InChI is InChI=1S/C76H50N4O2/c1-47-17-9-13-25-67(47)77(57-33-35-71-61(43-57)59-23-11-15-27-69(59)79(71)53-19-5-3-6-20-53)55-31-29-49-39-63-65-45-76-66(46-75(65)81-73(63)41-51(49)37-55)64-40-50-30-32-56(38-52(50)42-74(64)82-76)78(68-26-14-10-18-48(68)2)58-34-36-72-62(44-58)60-24-12-16-28-70(60)80(72)54-21-7-4-8-22-54/h3-46H,1-2H3. The van der Waals surface area contributed by atoms with Crippen LogP contribution in [0.3, 0.4) is 0 Å². The van der Waals surface area contributed by atoms with Crippen molar-refractivity contribution in [2.45, 2.75) is 13.8 Å². The Morgan fingerprint density at radius 3 is 1.06 bits per heavy atom. The summed E-state index contributed by atoms with van der Waals surface area (Å²) in [4.78, 5) is 4.78. The molecule has 0 amide bonds. The van der Waals surface area contributed by atoms with E-state index in [0.717, 1.165) is 111 Å². The van der Waals surface area contributed by atoms with Gasteiger partial charge in [0.05, 0.1) is 22.1 Å². The summed E-state index contributed by atoms with van der Waals surface area (Å²) in [5.41, 5.74) is 19.3. The first-order valence-electron chi connectivity index (χ1n) is 28.0. The summed E-state index contributed by atoms with van der Waals surface area (Å²) in [6, 6.07) is 96.6. The Labute approximate surface area is 471 Å². The van der Waals surface area contributed by atoms with Crippen molar-refractivity contribution in [1.29, 1.82) is 0 Å². The molecule has 0 bridgehead atoms. The number of aromatic nitrogens is 2. The monoisotopic (exact) mass is 1050 g/mol. The van der Waals surface area contributed by atoms with Crippen LogP contribution in [0.1, 0.15) is 11.1 Å². The van der Waals surface area contributed by atoms with Crippen molar-refractivity contribution in [3.05, 3.63) is 278 Å². The Morgan fingerprint density at radius 1 is 0.256 bits per heavy atom. The maximum atomic E-state index is 6.84. The second-order valence-corrected chi connectivity index (χ2v) is 21.8. The fourth-order valence-corrected chi connectivity index (χ4v) is 13.2. The smallest absolute Gasteiger partial charge is 0.136 e. The second kappa shape index (κ2) is 17.8. The van der Waals surface area contributed by atoms with Crippen LogP contribution in [0.25, 0.3) is 120 Å². The van der Waals surface area contributed by atoms with Gasteiger partial charge in [-0.05, 0) is 192 Å². The fraction of sp³-hybridized carbons (Fsp3) is 0.0263. The number of aryl methyl sites for hydroxylation is 2. The van der Waals surface area contributed by atoms with E-state index in [0.29, 0.717) is 0 Å². The highest BCUT2D eigenvalue weighted by Gasteiger charge is 2.23. The summed E-state index contributed by atoms with van der Waals surface area (Å²) in [5.74, 6) is 0. The zero-order valence-electron chi connectivity index (χ0n) is 45.0. The molecule has 0 aliphatic rings. The molecule has 0 aliphatic carbocycles. The average molecular weight is 1050 g/mol. The molecule has 0 unspecified atom stereocenters. The van der Waals surface area contributed by atoms with E-state index in [-0.39, 0.29) is 0 Å². The summed E-state index contributed by atoms with van der Waals surface area (Å²) < 4.78 is 18.4. The molecule has 4 aromatic heterocycles. The van der Waals surface area contributed by atoms with E-state index < -0.39 is 0 Å². The van der Waals surface area contributed by atoms with Gasteiger partial charge in [-0.2, -0.15) is 0 Å². The van der Waals surface area contributed by atoms with Gasteiger partial charge in [0.15, 0.2) is 0 Å². The number of furan rings is 2. The van der Waals surface area contributed by atoms with Crippen molar-refractivity contribution >= 4 is 143 Å². The summed E-state index contributed by atoms with van der Waals surface area (Å²) in [6.07, 6.45) is 0. The molecule has 0 spiro atoms. The van der Waals surface area contributed by atoms with Gasteiger partial charge >= 0.3 is 0 Å². The quantitative estimate of drug-likeness (QED) is 0.152. The Bertz CT molecular complexity index is 5110. The number of para-hydroxylation sites is 6. The van der Waals surface area contributed by atoms with E-state index in [1.54, 1.807) is 0 Å². The number of hydrogen-bond acceptors (Lipinski definition) is 4. The maximum Gasteiger partial charge on any atom is 0.136 e. The third-order valence-electron chi connectivity index (χ3n) is 17.0. The third-order valence-corrected chi connectivity index (χ3v) is 17.0. The molecular weight excluding hydrogens is 1000 g/mol. The van der Waals surface area contributed by atoms with Crippen molar-refractivity contribution in [2.75, 3.05) is 9.80 Å².